The predicted molar refractivity (Wildman–Crippen MR) is 88.4 cm³/mol. The van der Waals surface area contributed by atoms with Crippen molar-refractivity contribution in [3.8, 4) is 11.5 Å². The van der Waals surface area contributed by atoms with E-state index in [1.807, 2.05) is 32.9 Å². The molecule has 0 unspecified atom stereocenters. The Hall–Kier alpha value is -2.62. The molecule has 0 bridgehead atoms. The van der Waals surface area contributed by atoms with Crippen LogP contribution in [0.2, 0.25) is 0 Å². The second-order valence-electron chi connectivity index (χ2n) is 5.38. The maximum absolute atomic E-state index is 14.0. The number of halogens is 1. The minimum Gasteiger partial charge on any atom is -0.497 e. The minimum atomic E-state index is -1.00. The summed E-state index contributed by atoms with van der Waals surface area (Å²) in [5.74, 6) is -0.889. The molecule has 0 aliphatic carbocycles. The molecule has 2 aromatic carbocycles. The molecule has 0 saturated carbocycles. The van der Waals surface area contributed by atoms with E-state index < -0.39 is 11.8 Å². The van der Waals surface area contributed by atoms with Gasteiger partial charge in [-0.15, -0.1) is 0 Å². The second-order valence-corrected chi connectivity index (χ2v) is 5.38. The number of esters is 1. The summed E-state index contributed by atoms with van der Waals surface area (Å²) < 4.78 is 24.3. The molecule has 0 fully saturated rings. The fraction of sp³-hybridized carbons (Fsp3) is 0.211. The molecule has 0 saturated heterocycles. The number of methoxy groups -OCH3 is 1. The fourth-order valence-electron chi connectivity index (χ4n) is 2.37. The van der Waals surface area contributed by atoms with E-state index in [0.29, 0.717) is 17.1 Å². The van der Waals surface area contributed by atoms with Crippen molar-refractivity contribution in [2.75, 3.05) is 7.11 Å². The van der Waals surface area contributed by atoms with E-state index >= 15 is 0 Å². The number of carbonyl (C=O) groups is 1. The van der Waals surface area contributed by atoms with Gasteiger partial charge in [-0.05, 0) is 55.7 Å². The molecule has 0 atom stereocenters. The molecule has 2 rings (SSSR count). The lowest BCUT2D eigenvalue weighted by Crippen LogP contribution is -2.10. The van der Waals surface area contributed by atoms with Crippen molar-refractivity contribution >= 4 is 12.0 Å². The summed E-state index contributed by atoms with van der Waals surface area (Å²) in [6, 6.07) is 10.5. The number of aryl methyl sites for hydroxylation is 3. The molecule has 0 aromatic heterocycles. The lowest BCUT2D eigenvalue weighted by atomic mass is 10.1. The Balaban J connectivity index is 2.18. The van der Waals surface area contributed by atoms with Crippen molar-refractivity contribution in [2.45, 2.75) is 20.8 Å². The molecule has 2 aromatic rings. The summed E-state index contributed by atoms with van der Waals surface area (Å²) in [5, 5.41) is 0. The molecule has 0 amide bonds. The van der Waals surface area contributed by atoms with E-state index in [9.17, 15) is 9.18 Å². The highest BCUT2D eigenvalue weighted by molar-refractivity contribution is 5.93. The smallest absolute Gasteiger partial charge is 0.372 e. The van der Waals surface area contributed by atoms with Crippen LogP contribution < -0.4 is 9.47 Å². The normalized spacial score (nSPS) is 11.3. The molecule has 4 heteroatoms. The van der Waals surface area contributed by atoms with Crippen molar-refractivity contribution < 1.29 is 18.7 Å². The van der Waals surface area contributed by atoms with Crippen molar-refractivity contribution in [2.24, 2.45) is 0 Å². The highest BCUT2D eigenvalue weighted by atomic mass is 19.1. The molecule has 3 nitrogen and oxygen atoms in total. The van der Waals surface area contributed by atoms with E-state index in [1.54, 1.807) is 31.4 Å². The van der Waals surface area contributed by atoms with E-state index in [-0.39, 0.29) is 0 Å². The summed E-state index contributed by atoms with van der Waals surface area (Å²) in [6.45, 7) is 5.61. The molecular weight excluding hydrogens is 295 g/mol. The maximum atomic E-state index is 14.0. The predicted octanol–water partition coefficient (Wildman–Crippen LogP) is 4.54. The quantitative estimate of drug-likeness (QED) is 0.472. The van der Waals surface area contributed by atoms with Crippen LogP contribution in [0.25, 0.3) is 6.08 Å². The summed E-state index contributed by atoms with van der Waals surface area (Å²) in [5.41, 5.74) is 3.22. The van der Waals surface area contributed by atoms with Gasteiger partial charge < -0.3 is 9.47 Å². The van der Waals surface area contributed by atoms with Crippen LogP contribution in [0.5, 0.6) is 11.5 Å². The Morgan fingerprint density at radius 2 is 1.61 bits per heavy atom. The lowest BCUT2D eigenvalue weighted by molar-refractivity contribution is -0.131. The van der Waals surface area contributed by atoms with Crippen LogP contribution in [0.3, 0.4) is 0 Å². The van der Waals surface area contributed by atoms with Gasteiger partial charge in [0.15, 0.2) is 0 Å². The molecule has 0 aliphatic rings. The van der Waals surface area contributed by atoms with Gasteiger partial charge in [-0.1, -0.05) is 29.8 Å². The standard InChI is InChI=1S/C19H19FO3/c1-12-9-13(2)18(14(3)10-12)23-19(21)17(20)11-15-5-7-16(22-4)8-6-15/h5-11H,1-4H3/b17-11-. The number of ether oxygens (including phenoxy) is 2. The zero-order valence-electron chi connectivity index (χ0n) is 13.6. The van der Waals surface area contributed by atoms with Gasteiger partial charge in [0.05, 0.1) is 7.11 Å². The van der Waals surface area contributed by atoms with Crippen molar-refractivity contribution in [3.05, 3.63) is 64.5 Å². The van der Waals surface area contributed by atoms with E-state index in [0.717, 1.165) is 22.8 Å². The molecule has 0 radical (unpaired) electrons. The Morgan fingerprint density at radius 1 is 1.04 bits per heavy atom. The minimum absolute atomic E-state index is 0.402. The molecule has 0 aliphatic heterocycles. The Labute approximate surface area is 135 Å². The SMILES string of the molecule is COc1ccc(/C=C(\F)C(=O)Oc2c(C)cc(C)cc2C)cc1. The average molecular weight is 314 g/mol. The molecule has 23 heavy (non-hydrogen) atoms. The highest BCUT2D eigenvalue weighted by Gasteiger charge is 2.15. The van der Waals surface area contributed by atoms with Gasteiger partial charge in [-0.25, -0.2) is 4.79 Å². The molecular formula is C19H19FO3. The summed E-state index contributed by atoms with van der Waals surface area (Å²) >= 11 is 0. The molecule has 0 spiro atoms. The van der Waals surface area contributed by atoms with Crippen LogP contribution in [0.1, 0.15) is 22.3 Å². The summed E-state index contributed by atoms with van der Waals surface area (Å²) in [6.07, 6.45) is 1.14. The summed E-state index contributed by atoms with van der Waals surface area (Å²) in [4.78, 5) is 11.9. The van der Waals surface area contributed by atoms with Crippen molar-refractivity contribution in [1.82, 2.24) is 0 Å². The Morgan fingerprint density at radius 3 is 2.13 bits per heavy atom. The Kier molecular flexibility index (Phi) is 5.16. The lowest BCUT2D eigenvalue weighted by Gasteiger charge is -2.10. The average Bonchev–Trinajstić information content (AvgIpc) is 2.51. The maximum Gasteiger partial charge on any atom is 0.372 e. The topological polar surface area (TPSA) is 35.5 Å². The first kappa shape index (κ1) is 16.7. The first-order chi connectivity index (χ1) is 10.9. The zero-order valence-corrected chi connectivity index (χ0v) is 13.6. The number of benzene rings is 2. The zero-order chi connectivity index (χ0) is 17.0. The number of rotatable bonds is 4. The van der Waals surface area contributed by atoms with Crippen LogP contribution >= 0.6 is 0 Å². The monoisotopic (exact) mass is 314 g/mol. The van der Waals surface area contributed by atoms with Crippen molar-refractivity contribution in [3.63, 3.8) is 0 Å². The van der Waals surface area contributed by atoms with Gasteiger partial charge in [0.1, 0.15) is 11.5 Å². The molecule has 0 N–H and O–H groups in total. The number of hydrogen-bond acceptors (Lipinski definition) is 3. The second kappa shape index (κ2) is 7.09. The van der Waals surface area contributed by atoms with Crippen LogP contribution in [0.4, 0.5) is 4.39 Å². The third-order valence-electron chi connectivity index (χ3n) is 3.40. The van der Waals surface area contributed by atoms with Crippen LogP contribution in [0, 0.1) is 20.8 Å². The summed E-state index contributed by atoms with van der Waals surface area (Å²) in [7, 11) is 1.55. The number of carbonyl (C=O) groups excluding carboxylic acids is 1. The largest absolute Gasteiger partial charge is 0.497 e. The first-order valence-corrected chi connectivity index (χ1v) is 7.22. The van der Waals surface area contributed by atoms with E-state index in [1.165, 1.54) is 0 Å². The van der Waals surface area contributed by atoms with E-state index in [4.69, 9.17) is 9.47 Å². The van der Waals surface area contributed by atoms with Crippen molar-refractivity contribution in [1.29, 1.82) is 0 Å². The van der Waals surface area contributed by atoms with E-state index in [2.05, 4.69) is 0 Å². The van der Waals surface area contributed by atoms with Gasteiger partial charge >= 0.3 is 5.97 Å². The molecule has 120 valence electrons. The van der Waals surface area contributed by atoms with Gasteiger partial charge in [0, 0.05) is 0 Å². The van der Waals surface area contributed by atoms with Crippen LogP contribution in [-0.4, -0.2) is 13.1 Å². The Bertz CT molecular complexity index is 723. The van der Waals surface area contributed by atoms with Gasteiger partial charge in [0.25, 0.3) is 0 Å². The van der Waals surface area contributed by atoms with Gasteiger partial charge in [-0.3, -0.25) is 0 Å². The third-order valence-corrected chi connectivity index (χ3v) is 3.40. The van der Waals surface area contributed by atoms with Crippen LogP contribution in [-0.2, 0) is 4.79 Å². The first-order valence-electron chi connectivity index (χ1n) is 7.22. The molecule has 0 heterocycles. The third kappa shape index (κ3) is 4.19. The van der Waals surface area contributed by atoms with Crippen LogP contribution in [0.15, 0.2) is 42.2 Å². The fourth-order valence-corrected chi connectivity index (χ4v) is 2.37. The van der Waals surface area contributed by atoms with Gasteiger partial charge in [-0.2, -0.15) is 4.39 Å². The highest BCUT2D eigenvalue weighted by Crippen LogP contribution is 2.26. The van der Waals surface area contributed by atoms with Gasteiger partial charge in [0.2, 0.25) is 5.83 Å². The number of hydrogen-bond donors (Lipinski definition) is 0.